The van der Waals surface area contributed by atoms with Gasteiger partial charge in [-0.1, -0.05) is 30.3 Å². The molecule has 0 amide bonds. The zero-order valence-corrected chi connectivity index (χ0v) is 17.8. The number of H-pyrrole nitrogens is 2. The van der Waals surface area contributed by atoms with Gasteiger partial charge in [-0.3, -0.25) is 4.79 Å². The molecule has 2 heterocycles. The van der Waals surface area contributed by atoms with Crippen molar-refractivity contribution in [2.45, 2.75) is 19.8 Å². The number of aliphatic hydroxyl groups is 1. The number of thiocarbonyl (C=S) groups is 1. The van der Waals surface area contributed by atoms with Crippen LogP contribution in [0.25, 0.3) is 27.9 Å². The van der Waals surface area contributed by atoms with E-state index in [0.29, 0.717) is 18.5 Å². The first kappa shape index (κ1) is 20.5. The van der Waals surface area contributed by atoms with Crippen LogP contribution >= 0.6 is 12.2 Å². The molecule has 6 heteroatoms. The predicted molar refractivity (Wildman–Crippen MR) is 129 cm³/mol. The van der Waals surface area contributed by atoms with Crippen molar-refractivity contribution in [2.24, 2.45) is 4.99 Å². The van der Waals surface area contributed by atoms with Crippen LogP contribution < -0.4 is 0 Å². The van der Waals surface area contributed by atoms with E-state index in [2.05, 4.69) is 27.0 Å². The van der Waals surface area contributed by atoms with E-state index >= 15 is 0 Å². The van der Waals surface area contributed by atoms with Crippen molar-refractivity contribution in [2.75, 3.05) is 0 Å². The van der Waals surface area contributed by atoms with Crippen molar-refractivity contribution >= 4 is 56.7 Å². The van der Waals surface area contributed by atoms with Gasteiger partial charge in [-0.15, -0.1) is 0 Å². The van der Waals surface area contributed by atoms with E-state index in [1.165, 1.54) is 12.2 Å². The third-order valence-corrected chi connectivity index (χ3v) is 5.35. The molecule has 4 aromatic rings. The average Bonchev–Trinajstić information content (AvgIpc) is 3.35. The van der Waals surface area contributed by atoms with Gasteiger partial charge in [0.25, 0.3) is 0 Å². The maximum absolute atomic E-state index is 12.4. The number of ketones is 1. The Labute approximate surface area is 184 Å². The zero-order chi connectivity index (χ0) is 21.8. The van der Waals surface area contributed by atoms with E-state index in [9.17, 15) is 9.90 Å². The molecule has 0 spiro atoms. The van der Waals surface area contributed by atoms with Crippen molar-refractivity contribution in [1.82, 2.24) is 9.97 Å². The van der Waals surface area contributed by atoms with Crippen LogP contribution in [0.1, 0.15) is 23.1 Å². The summed E-state index contributed by atoms with van der Waals surface area (Å²) in [6.45, 7) is 2.05. The van der Waals surface area contributed by atoms with Crippen LogP contribution in [0.5, 0.6) is 0 Å². The molecular weight excluding hydrogens is 406 g/mol. The summed E-state index contributed by atoms with van der Waals surface area (Å²) in [5.41, 5.74) is 5.79. The highest BCUT2D eigenvalue weighted by Crippen LogP contribution is 2.30. The molecule has 0 saturated carbocycles. The number of aliphatic imine (C=N–C) groups is 1. The molecule has 4 rings (SSSR count). The number of carbonyl (C=O) groups is 1. The second-order valence-electron chi connectivity index (χ2n) is 7.33. The number of aryl methyl sites for hydroxylation is 2. The number of nitrogens with zero attached hydrogens (tertiary/aromatic N) is 1. The van der Waals surface area contributed by atoms with E-state index < -0.39 is 0 Å². The van der Waals surface area contributed by atoms with Gasteiger partial charge in [0.15, 0.2) is 5.78 Å². The first-order valence-electron chi connectivity index (χ1n) is 9.92. The lowest BCUT2D eigenvalue weighted by Crippen LogP contribution is -1.98. The van der Waals surface area contributed by atoms with Crippen LogP contribution in [0, 0.1) is 6.92 Å². The van der Waals surface area contributed by atoms with Crippen molar-refractivity contribution in [3.05, 3.63) is 83.4 Å². The molecule has 154 valence electrons. The molecule has 0 aliphatic carbocycles. The molecule has 0 aliphatic heterocycles. The molecule has 0 saturated heterocycles. The van der Waals surface area contributed by atoms with Gasteiger partial charge in [-0.25, -0.2) is 0 Å². The van der Waals surface area contributed by atoms with Crippen LogP contribution in [0.15, 0.2) is 71.7 Å². The lowest BCUT2D eigenvalue weighted by atomic mass is 10.0. The normalized spacial score (nSPS) is 12.0. The van der Waals surface area contributed by atoms with Crippen LogP contribution in [0.4, 0.5) is 5.69 Å². The number of allylic oxidation sites excluding steroid dienone is 2. The van der Waals surface area contributed by atoms with Crippen molar-refractivity contribution in [3.8, 4) is 0 Å². The molecule has 2 aromatic heterocycles. The molecule has 3 N–H and O–H groups in total. The number of rotatable bonds is 7. The number of benzene rings is 2. The molecule has 0 aliphatic rings. The quantitative estimate of drug-likeness (QED) is 0.106. The number of aromatic nitrogens is 2. The third-order valence-electron chi connectivity index (χ3n) is 5.26. The Kier molecular flexibility index (Phi) is 5.94. The minimum Gasteiger partial charge on any atom is -0.508 e. The minimum absolute atomic E-state index is 0.0894. The Balaban J connectivity index is 1.48. The van der Waals surface area contributed by atoms with Gasteiger partial charge >= 0.3 is 0 Å². The lowest BCUT2D eigenvalue weighted by molar-refractivity contribution is -0.114. The monoisotopic (exact) mass is 427 g/mol. The average molecular weight is 428 g/mol. The fraction of sp³-hybridized carbons (Fsp3) is 0.120. The molecule has 0 unspecified atom stereocenters. The van der Waals surface area contributed by atoms with E-state index in [-0.39, 0.29) is 11.5 Å². The van der Waals surface area contributed by atoms with E-state index in [4.69, 9.17) is 12.2 Å². The molecule has 31 heavy (non-hydrogen) atoms. The Bertz CT molecular complexity index is 1380. The molecular formula is C25H21N3O2S. The van der Waals surface area contributed by atoms with Crippen LogP contribution in [0.2, 0.25) is 0 Å². The molecule has 0 atom stereocenters. The highest BCUT2D eigenvalue weighted by atomic mass is 32.1. The van der Waals surface area contributed by atoms with Crippen LogP contribution in [0.3, 0.4) is 0 Å². The van der Waals surface area contributed by atoms with Gasteiger partial charge in [0.05, 0.1) is 10.8 Å². The molecule has 0 fully saturated rings. The van der Waals surface area contributed by atoms with Crippen molar-refractivity contribution < 1.29 is 9.90 Å². The van der Waals surface area contributed by atoms with E-state index in [1.54, 1.807) is 12.3 Å². The Morgan fingerprint density at radius 3 is 2.68 bits per heavy atom. The van der Waals surface area contributed by atoms with Gasteiger partial charge in [0.2, 0.25) is 0 Å². The van der Waals surface area contributed by atoms with E-state index in [1.807, 2.05) is 42.6 Å². The first-order chi connectivity index (χ1) is 15.1. The highest BCUT2D eigenvalue weighted by Gasteiger charge is 2.08. The first-order valence-corrected chi connectivity index (χ1v) is 10.3. The number of nitrogens with one attached hydrogen (secondary N) is 2. The SMILES string of the molecule is Cc1c[nH]c2cccc(CCC(=O)C=C(O)/C=C/c3cccc4[nH]cc(N=C=S)c34)c12. The summed E-state index contributed by atoms with van der Waals surface area (Å²) in [5.74, 6) is -0.216. The predicted octanol–water partition coefficient (Wildman–Crippen LogP) is 6.35. The van der Waals surface area contributed by atoms with Crippen molar-refractivity contribution in [3.63, 3.8) is 0 Å². The number of carbonyl (C=O) groups excluding carboxylic acids is 1. The number of aliphatic hydroxyl groups excluding tert-OH is 1. The summed E-state index contributed by atoms with van der Waals surface area (Å²) in [4.78, 5) is 22.8. The second-order valence-corrected chi connectivity index (χ2v) is 7.51. The summed E-state index contributed by atoms with van der Waals surface area (Å²) in [7, 11) is 0. The fourth-order valence-electron chi connectivity index (χ4n) is 3.84. The maximum atomic E-state index is 12.4. The van der Waals surface area contributed by atoms with Gasteiger partial charge in [0, 0.05) is 46.7 Å². The van der Waals surface area contributed by atoms with Gasteiger partial charge in [0.1, 0.15) is 5.76 Å². The number of hydrogen-bond donors (Lipinski definition) is 3. The maximum Gasteiger partial charge on any atom is 0.159 e. The van der Waals surface area contributed by atoms with Crippen molar-refractivity contribution in [1.29, 1.82) is 0 Å². The van der Waals surface area contributed by atoms with Crippen LogP contribution in [-0.4, -0.2) is 26.0 Å². The number of aromatic amines is 2. The molecule has 2 aromatic carbocycles. The van der Waals surface area contributed by atoms with Crippen LogP contribution in [-0.2, 0) is 11.2 Å². The summed E-state index contributed by atoms with van der Waals surface area (Å²) < 4.78 is 0. The fourth-order valence-corrected chi connectivity index (χ4v) is 3.94. The summed E-state index contributed by atoms with van der Waals surface area (Å²) >= 11 is 4.71. The smallest absolute Gasteiger partial charge is 0.159 e. The van der Waals surface area contributed by atoms with Gasteiger partial charge < -0.3 is 15.1 Å². The second kappa shape index (κ2) is 8.96. The zero-order valence-electron chi connectivity index (χ0n) is 17.0. The number of fused-ring (bicyclic) bond motifs is 2. The number of hydrogen-bond acceptors (Lipinski definition) is 4. The van der Waals surface area contributed by atoms with Gasteiger partial charge in [-0.05, 0) is 60.5 Å². The largest absolute Gasteiger partial charge is 0.508 e. The highest BCUT2D eigenvalue weighted by molar-refractivity contribution is 7.78. The lowest BCUT2D eigenvalue weighted by Gasteiger charge is -2.03. The Morgan fingerprint density at radius 1 is 1.13 bits per heavy atom. The molecule has 0 radical (unpaired) electrons. The molecule has 5 nitrogen and oxygen atoms in total. The summed E-state index contributed by atoms with van der Waals surface area (Å²) in [5, 5.41) is 14.7. The standard InChI is InChI=1S/C25H21N3O2S/c1-16-13-26-21-6-2-4-17(24(16)21)8-10-19(29)12-20(30)11-9-18-5-3-7-22-25(18)23(14-27-22)28-15-31/h2-7,9,11-14,26-27,30H,8,10H2,1H3/b11-9+,20-12?. The topological polar surface area (TPSA) is 81.2 Å². The third kappa shape index (κ3) is 4.40. The van der Waals surface area contributed by atoms with E-state index in [0.717, 1.165) is 38.5 Å². The number of isothiocyanates is 1. The molecule has 0 bridgehead atoms. The summed E-state index contributed by atoms with van der Waals surface area (Å²) in [6.07, 6.45) is 9.21. The Morgan fingerprint density at radius 2 is 1.87 bits per heavy atom. The van der Waals surface area contributed by atoms with Gasteiger partial charge in [-0.2, -0.15) is 4.99 Å². The minimum atomic E-state index is -0.127. The Hall–Kier alpha value is -3.73. The summed E-state index contributed by atoms with van der Waals surface area (Å²) in [6, 6.07) is 11.8.